The lowest BCUT2D eigenvalue weighted by molar-refractivity contribution is -0.114. The van der Waals surface area contributed by atoms with Crippen LogP contribution in [0.1, 0.15) is 15.9 Å². The van der Waals surface area contributed by atoms with Crippen LogP contribution in [-0.2, 0) is 4.79 Å². The Balaban J connectivity index is 2.73. The minimum atomic E-state index is -0.506. The average molecular weight is 205 g/mol. The molecule has 1 heterocycles. The molecule has 2 rings (SSSR count). The van der Waals surface area contributed by atoms with Gasteiger partial charge in [-0.25, -0.2) is 0 Å². The van der Waals surface area contributed by atoms with Gasteiger partial charge in [-0.2, -0.15) is 0 Å². The number of carbonyl (C=O) groups is 2. The second-order valence-corrected chi connectivity index (χ2v) is 3.56. The standard InChI is InChI=1S/C11H11NO3/c1-6-4-7-9(8(5-6)15-3)12(2)11(14)10(7)13/h4-5H,1-3H3. The number of ketones is 1. The largest absolute Gasteiger partial charge is 0.495 e. The second-order valence-electron chi connectivity index (χ2n) is 3.56. The Hall–Kier alpha value is -1.84. The summed E-state index contributed by atoms with van der Waals surface area (Å²) < 4.78 is 5.16. The first-order valence-electron chi connectivity index (χ1n) is 4.57. The van der Waals surface area contributed by atoms with Crippen molar-refractivity contribution in [1.29, 1.82) is 0 Å². The number of amides is 1. The molecule has 1 aliphatic heterocycles. The van der Waals surface area contributed by atoms with Gasteiger partial charge < -0.3 is 9.64 Å². The Morgan fingerprint density at radius 3 is 2.53 bits per heavy atom. The van der Waals surface area contributed by atoms with E-state index in [-0.39, 0.29) is 0 Å². The fourth-order valence-corrected chi connectivity index (χ4v) is 1.79. The van der Waals surface area contributed by atoms with Crippen LogP contribution in [0.15, 0.2) is 12.1 Å². The van der Waals surface area contributed by atoms with Gasteiger partial charge in [-0.05, 0) is 24.6 Å². The highest BCUT2D eigenvalue weighted by atomic mass is 16.5. The maximum atomic E-state index is 11.6. The van der Waals surface area contributed by atoms with Gasteiger partial charge in [0.2, 0.25) is 0 Å². The van der Waals surface area contributed by atoms with E-state index in [1.54, 1.807) is 19.2 Å². The lowest BCUT2D eigenvalue weighted by Crippen LogP contribution is -2.25. The third-order valence-corrected chi connectivity index (χ3v) is 2.52. The van der Waals surface area contributed by atoms with Crippen LogP contribution in [0.4, 0.5) is 5.69 Å². The van der Waals surface area contributed by atoms with E-state index in [0.29, 0.717) is 17.0 Å². The molecule has 1 amide bonds. The number of Topliss-reactive ketones (excluding diaryl/α,β-unsaturated/α-hetero) is 1. The number of methoxy groups -OCH3 is 1. The van der Waals surface area contributed by atoms with Gasteiger partial charge in [0.05, 0.1) is 18.4 Å². The zero-order valence-electron chi connectivity index (χ0n) is 8.83. The molecule has 0 atom stereocenters. The van der Waals surface area contributed by atoms with Crippen LogP contribution in [0.2, 0.25) is 0 Å². The smallest absolute Gasteiger partial charge is 0.299 e. The summed E-state index contributed by atoms with van der Waals surface area (Å²) in [5.41, 5.74) is 1.90. The average Bonchev–Trinajstić information content (AvgIpc) is 2.43. The number of carbonyl (C=O) groups excluding carboxylic acids is 2. The van der Waals surface area contributed by atoms with E-state index in [4.69, 9.17) is 4.74 Å². The summed E-state index contributed by atoms with van der Waals surface area (Å²) in [4.78, 5) is 24.4. The highest BCUT2D eigenvalue weighted by Crippen LogP contribution is 2.37. The summed E-state index contributed by atoms with van der Waals surface area (Å²) in [5, 5.41) is 0. The van der Waals surface area contributed by atoms with Crippen molar-refractivity contribution in [3.05, 3.63) is 23.3 Å². The summed E-state index contributed by atoms with van der Waals surface area (Å²) in [5.74, 6) is -0.407. The predicted molar refractivity (Wildman–Crippen MR) is 55.5 cm³/mol. The fourth-order valence-electron chi connectivity index (χ4n) is 1.79. The van der Waals surface area contributed by atoms with E-state index >= 15 is 0 Å². The maximum Gasteiger partial charge on any atom is 0.299 e. The van der Waals surface area contributed by atoms with E-state index in [0.717, 1.165) is 5.56 Å². The van der Waals surface area contributed by atoms with Crippen molar-refractivity contribution in [2.45, 2.75) is 6.92 Å². The first-order valence-corrected chi connectivity index (χ1v) is 4.57. The van der Waals surface area contributed by atoms with Crippen LogP contribution in [-0.4, -0.2) is 25.8 Å². The Kier molecular flexibility index (Phi) is 2.00. The highest BCUT2D eigenvalue weighted by molar-refractivity contribution is 6.52. The van der Waals surface area contributed by atoms with Crippen molar-refractivity contribution in [3.63, 3.8) is 0 Å². The van der Waals surface area contributed by atoms with Gasteiger partial charge in [0.15, 0.2) is 0 Å². The summed E-state index contributed by atoms with van der Waals surface area (Å²) in [6, 6.07) is 3.52. The normalized spacial score (nSPS) is 14.5. The summed E-state index contributed by atoms with van der Waals surface area (Å²) in [6.07, 6.45) is 0. The van der Waals surface area contributed by atoms with E-state index in [1.165, 1.54) is 12.0 Å². The topological polar surface area (TPSA) is 46.6 Å². The van der Waals surface area contributed by atoms with Crippen molar-refractivity contribution in [1.82, 2.24) is 0 Å². The zero-order valence-corrected chi connectivity index (χ0v) is 8.83. The molecule has 15 heavy (non-hydrogen) atoms. The zero-order chi connectivity index (χ0) is 11.2. The Morgan fingerprint density at radius 2 is 1.93 bits per heavy atom. The number of benzene rings is 1. The third-order valence-electron chi connectivity index (χ3n) is 2.52. The number of rotatable bonds is 1. The van der Waals surface area contributed by atoms with Crippen molar-refractivity contribution in [3.8, 4) is 5.75 Å². The van der Waals surface area contributed by atoms with Crippen LogP contribution >= 0.6 is 0 Å². The molecule has 0 unspecified atom stereocenters. The summed E-state index contributed by atoms with van der Waals surface area (Å²) >= 11 is 0. The first kappa shape index (κ1) is 9.71. The Bertz CT molecular complexity index is 465. The Morgan fingerprint density at radius 1 is 1.27 bits per heavy atom. The minimum absolute atomic E-state index is 0.430. The number of likely N-dealkylation sites (N-methyl/N-ethyl adjacent to an activating group) is 1. The molecule has 1 aromatic rings. The number of nitrogens with zero attached hydrogens (tertiary/aromatic N) is 1. The number of fused-ring (bicyclic) bond motifs is 1. The molecule has 0 bridgehead atoms. The molecule has 4 heteroatoms. The summed E-state index contributed by atoms with van der Waals surface area (Å²) in [6.45, 7) is 1.86. The number of hydrogen-bond donors (Lipinski definition) is 0. The van der Waals surface area contributed by atoms with Crippen molar-refractivity contribution in [2.24, 2.45) is 0 Å². The fraction of sp³-hybridized carbons (Fsp3) is 0.273. The molecule has 0 fully saturated rings. The van der Waals surface area contributed by atoms with Gasteiger partial charge in [0.25, 0.3) is 11.7 Å². The van der Waals surface area contributed by atoms with Gasteiger partial charge in [-0.1, -0.05) is 0 Å². The molecule has 1 aliphatic rings. The lowest BCUT2D eigenvalue weighted by atomic mass is 10.1. The third kappa shape index (κ3) is 1.21. The lowest BCUT2D eigenvalue weighted by Gasteiger charge is -2.13. The predicted octanol–water partition coefficient (Wildman–Crippen LogP) is 1.16. The van der Waals surface area contributed by atoms with Gasteiger partial charge in [0, 0.05) is 7.05 Å². The Labute approximate surface area is 87.4 Å². The van der Waals surface area contributed by atoms with Crippen molar-refractivity contribution >= 4 is 17.4 Å². The van der Waals surface area contributed by atoms with Gasteiger partial charge >= 0.3 is 0 Å². The molecule has 4 nitrogen and oxygen atoms in total. The molecule has 78 valence electrons. The highest BCUT2D eigenvalue weighted by Gasteiger charge is 2.35. The van der Waals surface area contributed by atoms with Gasteiger partial charge in [-0.3, -0.25) is 9.59 Å². The second kappa shape index (κ2) is 3.08. The van der Waals surface area contributed by atoms with E-state index in [9.17, 15) is 9.59 Å². The van der Waals surface area contributed by atoms with Crippen LogP contribution < -0.4 is 9.64 Å². The molecule has 0 spiro atoms. The van der Waals surface area contributed by atoms with E-state index in [1.807, 2.05) is 6.92 Å². The molecule has 0 aromatic heterocycles. The van der Waals surface area contributed by atoms with Crippen molar-refractivity contribution in [2.75, 3.05) is 19.1 Å². The summed E-state index contributed by atoms with van der Waals surface area (Å²) in [7, 11) is 3.10. The maximum absolute atomic E-state index is 11.6. The monoisotopic (exact) mass is 205 g/mol. The minimum Gasteiger partial charge on any atom is -0.495 e. The van der Waals surface area contributed by atoms with E-state index in [2.05, 4.69) is 0 Å². The molecular formula is C11H11NO3. The van der Waals surface area contributed by atoms with Crippen molar-refractivity contribution < 1.29 is 14.3 Å². The molecule has 0 saturated heterocycles. The van der Waals surface area contributed by atoms with E-state index < -0.39 is 11.7 Å². The molecule has 1 aromatic carbocycles. The van der Waals surface area contributed by atoms with Crippen LogP contribution in [0.3, 0.4) is 0 Å². The molecule has 0 saturated carbocycles. The molecule has 0 aliphatic carbocycles. The number of ether oxygens (including phenoxy) is 1. The number of aryl methyl sites for hydroxylation is 1. The number of anilines is 1. The number of hydrogen-bond acceptors (Lipinski definition) is 3. The molecule has 0 radical (unpaired) electrons. The first-order chi connectivity index (χ1) is 7.06. The van der Waals surface area contributed by atoms with Gasteiger partial charge in [-0.15, -0.1) is 0 Å². The van der Waals surface area contributed by atoms with Gasteiger partial charge in [0.1, 0.15) is 5.75 Å². The SMILES string of the molecule is COc1cc(C)cc2c1N(C)C(=O)C2=O. The van der Waals surface area contributed by atoms with Crippen LogP contribution in [0.25, 0.3) is 0 Å². The quantitative estimate of drug-likeness (QED) is 0.646. The molecular weight excluding hydrogens is 194 g/mol. The van der Waals surface area contributed by atoms with Crippen LogP contribution in [0.5, 0.6) is 5.75 Å². The molecule has 0 N–H and O–H groups in total. The van der Waals surface area contributed by atoms with Crippen LogP contribution in [0, 0.1) is 6.92 Å².